The van der Waals surface area contributed by atoms with Crippen LogP contribution in [0.2, 0.25) is 0 Å². The van der Waals surface area contributed by atoms with E-state index in [4.69, 9.17) is 0 Å². The fourth-order valence-corrected chi connectivity index (χ4v) is 1.47. The molecule has 6 heteroatoms. The first-order valence-corrected chi connectivity index (χ1v) is 6.67. The van der Waals surface area contributed by atoms with Gasteiger partial charge < -0.3 is 0 Å². The summed E-state index contributed by atoms with van der Waals surface area (Å²) >= 11 is 0. The zero-order chi connectivity index (χ0) is 15.8. The van der Waals surface area contributed by atoms with Crippen molar-refractivity contribution >= 4 is 23.3 Å². The van der Waals surface area contributed by atoms with Gasteiger partial charge in [0.1, 0.15) is 0 Å². The fourth-order valence-electron chi connectivity index (χ4n) is 1.47. The monoisotopic (exact) mass is 298 g/mol. The Bertz CT molecular complexity index is 666. The van der Waals surface area contributed by atoms with Crippen LogP contribution in [0.25, 0.3) is 0 Å². The second-order valence-electron chi connectivity index (χ2n) is 4.26. The molecule has 0 spiro atoms. The maximum Gasteiger partial charge on any atom is 0.386 e. The summed E-state index contributed by atoms with van der Waals surface area (Å²) in [6, 6.07) is 15.5. The van der Waals surface area contributed by atoms with E-state index in [1.165, 1.54) is 12.1 Å². The van der Waals surface area contributed by atoms with Crippen LogP contribution >= 0.6 is 0 Å². The van der Waals surface area contributed by atoms with Gasteiger partial charge in [-0.2, -0.15) is 10.2 Å². The number of azo groups is 1. The molecule has 0 N–H and O–H groups in total. The fraction of sp³-hybridized carbons (Fsp3) is 0.125. The second kappa shape index (κ2) is 7.68. The van der Waals surface area contributed by atoms with Gasteiger partial charge in [-0.15, -0.1) is 0 Å². The first kappa shape index (κ1) is 15.4. The van der Waals surface area contributed by atoms with E-state index in [0.717, 1.165) is 5.69 Å². The molecule has 0 atom stereocenters. The lowest BCUT2D eigenvalue weighted by Gasteiger charge is -2.02. The molecule has 0 radical (unpaired) electrons. The number of nitrogens with zero attached hydrogens (tertiary/aromatic N) is 2. The third-order valence-corrected chi connectivity index (χ3v) is 2.64. The van der Waals surface area contributed by atoms with Gasteiger partial charge in [-0.3, -0.25) is 0 Å². The SMILES string of the molecule is CCC(=O)OOC(=O)c1ccc(N=Nc2ccccc2)cc1. The molecule has 6 nitrogen and oxygen atoms in total. The van der Waals surface area contributed by atoms with Crippen molar-refractivity contribution in [3.63, 3.8) is 0 Å². The van der Waals surface area contributed by atoms with E-state index < -0.39 is 11.9 Å². The lowest BCUT2D eigenvalue weighted by molar-refractivity contribution is -0.233. The van der Waals surface area contributed by atoms with Gasteiger partial charge in [0.15, 0.2) is 0 Å². The van der Waals surface area contributed by atoms with E-state index in [-0.39, 0.29) is 12.0 Å². The molecule has 2 aromatic rings. The summed E-state index contributed by atoms with van der Waals surface area (Å²) < 4.78 is 0. The van der Waals surface area contributed by atoms with Crippen LogP contribution in [0.5, 0.6) is 0 Å². The molecule has 0 aliphatic rings. The normalized spacial score (nSPS) is 10.4. The topological polar surface area (TPSA) is 77.3 Å². The molecule has 0 heterocycles. The first-order valence-electron chi connectivity index (χ1n) is 6.67. The lowest BCUT2D eigenvalue weighted by Crippen LogP contribution is -2.10. The summed E-state index contributed by atoms with van der Waals surface area (Å²) in [4.78, 5) is 31.2. The van der Waals surface area contributed by atoms with Crippen LogP contribution in [0.15, 0.2) is 64.8 Å². The molecule has 22 heavy (non-hydrogen) atoms. The highest BCUT2D eigenvalue weighted by atomic mass is 17.2. The van der Waals surface area contributed by atoms with Crippen molar-refractivity contribution in [3.8, 4) is 0 Å². The van der Waals surface area contributed by atoms with Crippen LogP contribution < -0.4 is 0 Å². The number of benzene rings is 2. The standard InChI is InChI=1S/C16H14N2O4/c1-2-15(19)21-22-16(20)12-8-10-14(11-9-12)18-17-13-6-4-3-5-7-13/h3-11H,2H2,1H3. The minimum atomic E-state index is -0.742. The van der Waals surface area contributed by atoms with Gasteiger partial charge in [0.2, 0.25) is 0 Å². The van der Waals surface area contributed by atoms with Gasteiger partial charge in [-0.1, -0.05) is 25.1 Å². The highest BCUT2D eigenvalue weighted by Crippen LogP contribution is 2.18. The summed E-state index contributed by atoms with van der Waals surface area (Å²) in [6.07, 6.45) is 0.131. The maximum atomic E-state index is 11.6. The summed E-state index contributed by atoms with van der Waals surface area (Å²) in [5, 5.41) is 8.11. The van der Waals surface area contributed by atoms with E-state index in [1.54, 1.807) is 19.1 Å². The van der Waals surface area contributed by atoms with Crippen LogP contribution in [-0.2, 0) is 14.6 Å². The first-order chi connectivity index (χ1) is 10.7. The largest absolute Gasteiger partial charge is 0.386 e. The number of hydrogen-bond acceptors (Lipinski definition) is 6. The number of rotatable bonds is 4. The molecule has 0 saturated carbocycles. The predicted molar refractivity (Wildman–Crippen MR) is 78.9 cm³/mol. The second-order valence-corrected chi connectivity index (χ2v) is 4.26. The molecule has 0 saturated heterocycles. The Hall–Kier alpha value is -3.02. The Morgan fingerprint density at radius 2 is 1.45 bits per heavy atom. The minimum Gasteiger partial charge on any atom is -0.247 e. The molecule has 112 valence electrons. The Morgan fingerprint density at radius 3 is 2.05 bits per heavy atom. The van der Waals surface area contributed by atoms with Crippen molar-refractivity contribution in [2.45, 2.75) is 13.3 Å². The minimum absolute atomic E-state index is 0.131. The molecule has 0 fully saturated rings. The van der Waals surface area contributed by atoms with Crippen LogP contribution in [0.1, 0.15) is 23.7 Å². The van der Waals surface area contributed by atoms with Crippen molar-refractivity contribution in [3.05, 3.63) is 60.2 Å². The van der Waals surface area contributed by atoms with E-state index in [2.05, 4.69) is 20.0 Å². The van der Waals surface area contributed by atoms with Crippen molar-refractivity contribution < 1.29 is 19.4 Å². The van der Waals surface area contributed by atoms with E-state index in [9.17, 15) is 9.59 Å². The maximum absolute atomic E-state index is 11.6. The molecular weight excluding hydrogens is 284 g/mol. The predicted octanol–water partition coefficient (Wildman–Crippen LogP) is 4.13. The van der Waals surface area contributed by atoms with Gasteiger partial charge in [0.05, 0.1) is 16.9 Å². The van der Waals surface area contributed by atoms with Crippen LogP contribution in [-0.4, -0.2) is 11.9 Å². The van der Waals surface area contributed by atoms with Crippen LogP contribution in [0.4, 0.5) is 11.4 Å². The van der Waals surface area contributed by atoms with Crippen molar-refractivity contribution in [1.82, 2.24) is 0 Å². The summed E-state index contributed by atoms with van der Waals surface area (Å²) in [5.74, 6) is -1.35. The molecule has 0 aliphatic carbocycles. The van der Waals surface area contributed by atoms with E-state index in [0.29, 0.717) is 5.69 Å². The molecular formula is C16H14N2O4. The smallest absolute Gasteiger partial charge is 0.247 e. The van der Waals surface area contributed by atoms with Crippen molar-refractivity contribution in [1.29, 1.82) is 0 Å². The van der Waals surface area contributed by atoms with Crippen molar-refractivity contribution in [2.24, 2.45) is 10.2 Å². The highest BCUT2D eigenvalue weighted by Gasteiger charge is 2.10. The molecule has 0 amide bonds. The molecule has 2 aromatic carbocycles. The molecule has 0 aliphatic heterocycles. The number of carbonyl (C=O) groups is 2. The lowest BCUT2D eigenvalue weighted by atomic mass is 10.2. The van der Waals surface area contributed by atoms with E-state index >= 15 is 0 Å². The third kappa shape index (κ3) is 4.52. The average Bonchev–Trinajstić information content (AvgIpc) is 2.59. The molecule has 0 unspecified atom stereocenters. The average molecular weight is 298 g/mol. The van der Waals surface area contributed by atoms with Gasteiger partial charge in [-0.05, 0) is 36.4 Å². The molecule has 2 rings (SSSR count). The Labute approximate surface area is 127 Å². The number of hydrogen-bond donors (Lipinski definition) is 0. The summed E-state index contributed by atoms with van der Waals surface area (Å²) in [7, 11) is 0. The Morgan fingerprint density at radius 1 is 0.864 bits per heavy atom. The quantitative estimate of drug-likeness (QED) is 0.483. The number of carbonyl (C=O) groups excluding carboxylic acids is 2. The van der Waals surface area contributed by atoms with Gasteiger partial charge in [-0.25, -0.2) is 19.4 Å². The Balaban J connectivity index is 1.97. The van der Waals surface area contributed by atoms with Gasteiger partial charge in [0, 0.05) is 6.42 Å². The zero-order valence-corrected chi connectivity index (χ0v) is 11.9. The summed E-state index contributed by atoms with van der Waals surface area (Å²) in [5.41, 5.74) is 1.57. The zero-order valence-electron chi connectivity index (χ0n) is 11.9. The van der Waals surface area contributed by atoms with E-state index in [1.807, 2.05) is 30.3 Å². The Kier molecular flexibility index (Phi) is 5.37. The molecule has 0 aromatic heterocycles. The highest BCUT2D eigenvalue weighted by molar-refractivity contribution is 5.89. The summed E-state index contributed by atoms with van der Waals surface area (Å²) in [6.45, 7) is 1.60. The van der Waals surface area contributed by atoms with Crippen LogP contribution in [0, 0.1) is 0 Å². The van der Waals surface area contributed by atoms with Crippen LogP contribution in [0.3, 0.4) is 0 Å². The third-order valence-electron chi connectivity index (χ3n) is 2.64. The van der Waals surface area contributed by atoms with Gasteiger partial charge in [0.25, 0.3) is 0 Å². The van der Waals surface area contributed by atoms with Gasteiger partial charge >= 0.3 is 11.9 Å². The molecule has 0 bridgehead atoms. The van der Waals surface area contributed by atoms with Crippen molar-refractivity contribution in [2.75, 3.05) is 0 Å².